The maximum Gasteiger partial charge on any atom is 0.252 e. The summed E-state index contributed by atoms with van der Waals surface area (Å²) >= 11 is 0. The molecule has 2 aromatic carbocycles. The number of hydrogen-bond acceptors (Lipinski definition) is 3. The number of rotatable bonds is 5. The van der Waals surface area contributed by atoms with Crippen LogP contribution in [0, 0.1) is 6.92 Å². The van der Waals surface area contributed by atoms with Crippen LogP contribution in [0.5, 0.6) is 0 Å². The Morgan fingerprint density at radius 3 is 2.41 bits per heavy atom. The predicted molar refractivity (Wildman–Crippen MR) is 117 cm³/mol. The van der Waals surface area contributed by atoms with Crippen molar-refractivity contribution in [3.8, 4) is 11.3 Å². The van der Waals surface area contributed by atoms with Gasteiger partial charge in [-0.2, -0.15) is 0 Å². The highest BCUT2D eigenvalue weighted by atomic mass is 16.1. The van der Waals surface area contributed by atoms with Crippen LogP contribution >= 0.6 is 0 Å². The molecule has 0 saturated carbocycles. The Morgan fingerprint density at radius 1 is 0.966 bits per heavy atom. The molecule has 0 aliphatic heterocycles. The molecule has 1 amide bonds. The van der Waals surface area contributed by atoms with Crippen LogP contribution in [0.25, 0.3) is 22.2 Å². The zero-order valence-corrected chi connectivity index (χ0v) is 16.6. The fourth-order valence-corrected chi connectivity index (χ4v) is 3.67. The summed E-state index contributed by atoms with van der Waals surface area (Å²) in [7, 11) is 0. The second-order valence-electron chi connectivity index (χ2n) is 7.03. The highest BCUT2D eigenvalue weighted by Gasteiger charge is 2.21. The van der Waals surface area contributed by atoms with E-state index in [1.54, 1.807) is 6.20 Å². The number of nitrogens with zero attached hydrogens (tertiary/aromatic N) is 2. The van der Waals surface area contributed by atoms with E-state index in [1.165, 1.54) is 0 Å². The topological polar surface area (TPSA) is 54.9 Å². The number of pyridine rings is 2. The number of amides is 1. The molecule has 144 valence electrons. The molecule has 0 fully saturated rings. The predicted octanol–water partition coefficient (Wildman–Crippen LogP) is 5.49. The first-order valence-electron chi connectivity index (χ1n) is 9.85. The minimum absolute atomic E-state index is 0.101. The van der Waals surface area contributed by atoms with Gasteiger partial charge in [-0.3, -0.25) is 9.78 Å². The largest absolute Gasteiger partial charge is 0.344 e. The Hall–Kier alpha value is -3.53. The number of hydrogen-bond donors (Lipinski definition) is 1. The Labute approximate surface area is 170 Å². The maximum absolute atomic E-state index is 13.4. The number of aromatic nitrogens is 2. The van der Waals surface area contributed by atoms with E-state index in [-0.39, 0.29) is 11.9 Å². The van der Waals surface area contributed by atoms with Crippen LogP contribution < -0.4 is 5.32 Å². The van der Waals surface area contributed by atoms with Crippen molar-refractivity contribution < 1.29 is 4.79 Å². The van der Waals surface area contributed by atoms with Crippen LogP contribution in [0.3, 0.4) is 0 Å². The van der Waals surface area contributed by atoms with Crippen LogP contribution in [0.4, 0.5) is 0 Å². The van der Waals surface area contributed by atoms with Crippen LogP contribution in [0.15, 0.2) is 79.0 Å². The van der Waals surface area contributed by atoms with Gasteiger partial charge in [-0.1, -0.05) is 61.5 Å². The SMILES string of the molecule is CCC(NC(=O)c1c(C)c(-c2ccccc2)nc2ccccc12)c1ccccn1. The van der Waals surface area contributed by atoms with Crippen LogP contribution in [0.1, 0.15) is 41.0 Å². The molecule has 4 aromatic rings. The van der Waals surface area contributed by atoms with Crippen molar-refractivity contribution >= 4 is 16.8 Å². The van der Waals surface area contributed by atoms with Gasteiger partial charge in [-0.15, -0.1) is 0 Å². The van der Waals surface area contributed by atoms with E-state index in [9.17, 15) is 4.79 Å². The van der Waals surface area contributed by atoms with E-state index >= 15 is 0 Å². The van der Waals surface area contributed by atoms with Gasteiger partial charge in [0.2, 0.25) is 0 Å². The van der Waals surface area contributed by atoms with Gasteiger partial charge in [0.1, 0.15) is 0 Å². The third-order valence-electron chi connectivity index (χ3n) is 5.17. The molecule has 0 radical (unpaired) electrons. The molecule has 29 heavy (non-hydrogen) atoms. The summed E-state index contributed by atoms with van der Waals surface area (Å²) in [5.74, 6) is -0.101. The lowest BCUT2D eigenvalue weighted by molar-refractivity contribution is 0.0935. The lowest BCUT2D eigenvalue weighted by atomic mass is 9.96. The summed E-state index contributed by atoms with van der Waals surface area (Å²) in [5, 5.41) is 4.04. The van der Waals surface area contributed by atoms with Crippen molar-refractivity contribution in [2.24, 2.45) is 0 Å². The molecular formula is C25H23N3O. The monoisotopic (exact) mass is 381 g/mol. The molecular weight excluding hydrogens is 358 g/mol. The van der Waals surface area contributed by atoms with Gasteiger partial charge < -0.3 is 5.32 Å². The van der Waals surface area contributed by atoms with Gasteiger partial charge in [0.25, 0.3) is 5.91 Å². The van der Waals surface area contributed by atoms with E-state index in [1.807, 2.05) is 86.6 Å². The van der Waals surface area contributed by atoms with Gasteiger partial charge in [-0.25, -0.2) is 4.98 Å². The number of benzene rings is 2. The molecule has 0 bridgehead atoms. The van der Waals surface area contributed by atoms with Gasteiger partial charge in [0, 0.05) is 17.1 Å². The zero-order valence-electron chi connectivity index (χ0n) is 16.6. The first-order chi connectivity index (χ1) is 14.2. The third-order valence-corrected chi connectivity index (χ3v) is 5.17. The quantitative estimate of drug-likeness (QED) is 0.497. The lowest BCUT2D eigenvalue weighted by Crippen LogP contribution is -2.29. The lowest BCUT2D eigenvalue weighted by Gasteiger charge is -2.19. The number of nitrogens with one attached hydrogen (secondary N) is 1. The average Bonchev–Trinajstić information content (AvgIpc) is 2.78. The third kappa shape index (κ3) is 3.74. The summed E-state index contributed by atoms with van der Waals surface area (Å²) in [6, 6.07) is 23.4. The number of carbonyl (C=O) groups excluding carboxylic acids is 1. The maximum atomic E-state index is 13.4. The fraction of sp³-hybridized carbons (Fsp3) is 0.160. The molecule has 0 spiro atoms. The molecule has 1 unspecified atom stereocenters. The molecule has 4 heteroatoms. The van der Waals surface area contributed by atoms with Crippen molar-refractivity contribution in [2.75, 3.05) is 0 Å². The molecule has 0 saturated heterocycles. The Morgan fingerprint density at radius 2 is 1.69 bits per heavy atom. The summed E-state index contributed by atoms with van der Waals surface area (Å²) in [6.07, 6.45) is 2.51. The molecule has 1 atom stereocenters. The van der Waals surface area contributed by atoms with Crippen molar-refractivity contribution in [2.45, 2.75) is 26.3 Å². The van der Waals surface area contributed by atoms with Crippen molar-refractivity contribution in [3.05, 3.63) is 95.8 Å². The Bertz CT molecular complexity index is 1140. The van der Waals surface area contributed by atoms with Gasteiger partial charge in [-0.05, 0) is 37.1 Å². The fourth-order valence-electron chi connectivity index (χ4n) is 3.67. The van der Waals surface area contributed by atoms with E-state index in [4.69, 9.17) is 4.98 Å². The normalized spacial score (nSPS) is 11.9. The minimum Gasteiger partial charge on any atom is -0.344 e. The van der Waals surface area contributed by atoms with Crippen LogP contribution in [-0.4, -0.2) is 15.9 Å². The zero-order chi connectivity index (χ0) is 20.2. The van der Waals surface area contributed by atoms with Crippen molar-refractivity contribution in [3.63, 3.8) is 0 Å². The molecule has 0 aliphatic carbocycles. The van der Waals surface area contributed by atoms with Gasteiger partial charge >= 0.3 is 0 Å². The van der Waals surface area contributed by atoms with Gasteiger partial charge in [0.05, 0.1) is 28.5 Å². The van der Waals surface area contributed by atoms with Crippen molar-refractivity contribution in [1.29, 1.82) is 0 Å². The molecule has 4 nitrogen and oxygen atoms in total. The van der Waals surface area contributed by atoms with E-state index in [0.29, 0.717) is 5.56 Å². The first-order valence-corrected chi connectivity index (χ1v) is 9.85. The van der Waals surface area contributed by atoms with Crippen molar-refractivity contribution in [1.82, 2.24) is 15.3 Å². The van der Waals surface area contributed by atoms with Gasteiger partial charge in [0.15, 0.2) is 0 Å². The second-order valence-corrected chi connectivity index (χ2v) is 7.03. The van der Waals surface area contributed by atoms with E-state index < -0.39 is 0 Å². The van der Waals surface area contributed by atoms with Crippen LogP contribution in [0.2, 0.25) is 0 Å². The van der Waals surface area contributed by atoms with E-state index in [0.717, 1.165) is 39.8 Å². The first kappa shape index (κ1) is 18.8. The van der Waals surface area contributed by atoms with Crippen LogP contribution in [-0.2, 0) is 0 Å². The average molecular weight is 381 g/mol. The smallest absolute Gasteiger partial charge is 0.252 e. The molecule has 1 N–H and O–H groups in total. The van der Waals surface area contributed by atoms with E-state index in [2.05, 4.69) is 10.3 Å². The number of para-hydroxylation sites is 1. The summed E-state index contributed by atoms with van der Waals surface area (Å²) in [4.78, 5) is 22.7. The molecule has 4 rings (SSSR count). The summed E-state index contributed by atoms with van der Waals surface area (Å²) < 4.78 is 0. The Kier molecular flexibility index (Phi) is 5.34. The highest BCUT2D eigenvalue weighted by Crippen LogP contribution is 2.30. The molecule has 2 heterocycles. The summed E-state index contributed by atoms with van der Waals surface area (Å²) in [6.45, 7) is 4.02. The second kappa shape index (κ2) is 8.23. The molecule has 0 aliphatic rings. The number of fused-ring (bicyclic) bond motifs is 1. The standard InChI is InChI=1S/C25H23N3O/c1-3-20(22-15-9-10-16-26-22)28-25(29)23-17(2)24(18-11-5-4-6-12-18)27-21-14-8-7-13-19(21)23/h4-16,20H,3H2,1-2H3,(H,28,29). The highest BCUT2D eigenvalue weighted by molar-refractivity contribution is 6.09. The summed E-state index contributed by atoms with van der Waals surface area (Å²) in [5.41, 5.74) is 5.06. The number of carbonyl (C=O) groups is 1. The molecule has 2 aromatic heterocycles. The minimum atomic E-state index is -0.143. The Balaban J connectivity index is 1.82.